The van der Waals surface area contributed by atoms with E-state index >= 15 is 8.78 Å². The Bertz CT molecular complexity index is 3950. The Morgan fingerprint density at radius 2 is 0.584 bits per heavy atom. The van der Waals surface area contributed by atoms with E-state index in [1.54, 1.807) is 33.0 Å². The van der Waals surface area contributed by atoms with Crippen molar-refractivity contribution in [2.45, 2.75) is 286 Å². The second-order valence-electron chi connectivity index (χ2n) is 30.3. The molecule has 2 aliphatic rings. The van der Waals surface area contributed by atoms with Gasteiger partial charge in [0.25, 0.3) is 0 Å². The van der Waals surface area contributed by atoms with Crippen molar-refractivity contribution in [3.8, 4) is 79.4 Å². The minimum atomic E-state index is -2.54. The molecule has 12 rings (SSSR count). The average molecular weight is 1560 g/mol. The van der Waals surface area contributed by atoms with Crippen LogP contribution in [0.1, 0.15) is 259 Å². The van der Waals surface area contributed by atoms with Gasteiger partial charge in [0.1, 0.15) is 27.2 Å². The van der Waals surface area contributed by atoms with E-state index < -0.39 is 27.8 Å². The molecule has 4 unspecified atom stereocenters. The highest BCUT2D eigenvalue weighted by Crippen LogP contribution is 2.55. The first-order chi connectivity index (χ1) is 49.4. The lowest BCUT2D eigenvalue weighted by molar-refractivity contribution is 0.469. The third kappa shape index (κ3) is 17.0. The summed E-state index contributed by atoms with van der Waals surface area (Å²) < 4.78 is 47.3. The summed E-state index contributed by atoms with van der Waals surface area (Å²) in [5.41, 5.74) is 1.66. The summed E-state index contributed by atoms with van der Waals surface area (Å²) >= 11 is 16.4. The lowest BCUT2D eigenvalue weighted by Crippen LogP contribution is -2.56. The van der Waals surface area contributed by atoms with Gasteiger partial charge in [-0.05, 0) is 167 Å². The number of hydrogen-bond acceptors (Lipinski definition) is 11. The van der Waals surface area contributed by atoms with E-state index in [0.29, 0.717) is 45.8 Å². The van der Waals surface area contributed by atoms with E-state index in [2.05, 4.69) is 142 Å². The van der Waals surface area contributed by atoms with Gasteiger partial charge in [-0.3, -0.25) is 0 Å². The van der Waals surface area contributed by atoms with Crippen LogP contribution in [0.5, 0.6) is 0 Å². The number of rotatable bonds is 44. The Labute approximate surface area is 645 Å². The average Bonchev–Trinajstić information content (AvgIpc) is 1.54. The van der Waals surface area contributed by atoms with Crippen molar-refractivity contribution < 1.29 is 8.78 Å². The molecule has 0 aliphatic carbocycles. The van der Waals surface area contributed by atoms with Gasteiger partial charge in [0.15, 0.2) is 11.6 Å². The molecule has 0 spiro atoms. The van der Waals surface area contributed by atoms with Gasteiger partial charge in [-0.1, -0.05) is 236 Å². The van der Waals surface area contributed by atoms with Crippen LogP contribution in [0.25, 0.3) is 90.4 Å². The van der Waals surface area contributed by atoms with E-state index in [1.807, 2.05) is 68.0 Å². The Hall–Kier alpha value is -3.07. The second-order valence-corrected chi connectivity index (χ2v) is 47.7. The van der Waals surface area contributed by atoms with Gasteiger partial charge in [-0.25, -0.2) is 8.78 Å². The van der Waals surface area contributed by atoms with E-state index in [-0.39, 0.29) is 0 Å². The predicted octanol–water partition coefficient (Wildman–Crippen LogP) is 30.2. The summed E-state index contributed by atoms with van der Waals surface area (Å²) in [6.07, 6.45) is 37.5. The molecule has 0 fully saturated rings. The molecule has 2 aliphatic heterocycles. The van der Waals surface area contributed by atoms with Crippen LogP contribution in [0.4, 0.5) is 8.78 Å². The van der Waals surface area contributed by atoms with Crippen LogP contribution in [-0.2, 0) is 12.8 Å². The predicted molar refractivity (Wildman–Crippen MR) is 460 cm³/mol. The third-order valence-corrected chi connectivity index (χ3v) is 45.5. The lowest BCUT2D eigenvalue weighted by atomic mass is 10.0. The van der Waals surface area contributed by atoms with Crippen molar-refractivity contribution in [1.29, 1.82) is 0 Å². The minimum Gasteiger partial charge on any atom is -0.203 e. The molecule has 10 aromatic rings. The maximum absolute atomic E-state index is 18.6. The molecular weight excluding hydrogens is 1440 g/mol. The summed E-state index contributed by atoms with van der Waals surface area (Å²) in [6.45, 7) is 23.7. The SMILES string of the molecule is CCCCCCCCc1ccc(-c2ccc(-c3cc4c(s3)-c3sc(-c5c(F)c(F)c(-c6cc7c(s6)-c6sc(-c8ccc(-c9ccc(CCCCCCCC)s9)s8)cc6[Si]7(CC(CC)CCCC)CC(CC)CCCC)c6nsnc56)cc3[Si]4(CC(CC)CCCC)CC(CC)CCCC)s2)s1. The zero-order valence-electron chi connectivity index (χ0n) is 62.6. The molecule has 0 radical (unpaired) electrons. The number of nitrogens with zero attached hydrogens (tertiary/aromatic N) is 2. The van der Waals surface area contributed by atoms with Crippen LogP contribution in [0.3, 0.4) is 0 Å². The van der Waals surface area contributed by atoms with Crippen molar-refractivity contribution in [2.24, 2.45) is 23.7 Å². The van der Waals surface area contributed by atoms with Gasteiger partial charge in [-0.2, -0.15) is 8.75 Å². The monoisotopic (exact) mass is 1560 g/mol. The first-order valence-corrected chi connectivity index (χ1v) is 52.1. The number of aryl methyl sites for hydroxylation is 2. The third-order valence-electron chi connectivity index (χ3n) is 23.3. The van der Waals surface area contributed by atoms with E-state index in [1.165, 1.54) is 270 Å². The van der Waals surface area contributed by atoms with Crippen LogP contribution in [0.2, 0.25) is 24.2 Å². The zero-order valence-corrected chi connectivity index (χ0v) is 72.0. The summed E-state index contributed by atoms with van der Waals surface area (Å²) in [5.74, 6) is 0.874. The molecule has 11 heterocycles. The molecule has 2 nitrogen and oxygen atoms in total. The molecule has 15 heteroatoms. The van der Waals surface area contributed by atoms with Gasteiger partial charge in [0.2, 0.25) is 0 Å². The second kappa shape index (κ2) is 36.7. The van der Waals surface area contributed by atoms with Crippen molar-refractivity contribution >= 4 is 150 Å². The van der Waals surface area contributed by atoms with Crippen LogP contribution >= 0.6 is 102 Å². The maximum atomic E-state index is 18.6. The van der Waals surface area contributed by atoms with Crippen molar-refractivity contribution in [2.75, 3.05) is 0 Å². The van der Waals surface area contributed by atoms with Gasteiger partial charge < -0.3 is 0 Å². The topological polar surface area (TPSA) is 25.8 Å². The first-order valence-electron chi connectivity index (χ1n) is 40.0. The quantitative estimate of drug-likeness (QED) is 0.0281. The molecule has 1 aromatic carbocycles. The molecule has 0 N–H and O–H groups in total. The minimum absolute atomic E-state index is 0.315. The fraction of sp³-hybridized carbons (Fsp3) is 0.558. The number of aromatic nitrogens is 2. The molecule has 0 saturated heterocycles. The standard InChI is InChI=1S/C86H114F2N2S9Si2/c1-11-21-27-29-31-33-39-61-41-43-63(91-61)65-45-47-67(93-65)69-49-73-83(95-69)85-75(100(73,53-57(17-7)35-23-13-3)54-58(18-8)36-24-14-4)51-71(97-85)77-79(87)80(88)78(82-81(77)89-99-90-82)72-52-76-86(98-72)84-74(101(76,55-59(19-9)37-25-15-5)56-60(20-10)38-26-16-6)50-70(96-84)68-48-46-66(94-68)64-44-42-62(92-64)40-34-32-30-28-22-12-2/h41-52,57-60H,11-40,53-56H2,1-10H3. The smallest absolute Gasteiger partial charge is 0.170 e. The van der Waals surface area contributed by atoms with Crippen molar-refractivity contribution in [3.05, 3.63) is 94.2 Å². The number of thiophene rings is 8. The van der Waals surface area contributed by atoms with Gasteiger partial charge in [-0.15, -0.1) is 90.7 Å². The fourth-order valence-corrected chi connectivity index (χ4v) is 43.2. The number of hydrogen-bond donors (Lipinski definition) is 0. The van der Waals surface area contributed by atoms with Gasteiger partial charge in [0, 0.05) is 78.0 Å². The van der Waals surface area contributed by atoms with Gasteiger partial charge in [0.05, 0.1) is 22.9 Å². The van der Waals surface area contributed by atoms with E-state index in [4.69, 9.17) is 8.75 Å². The largest absolute Gasteiger partial charge is 0.203 e. The number of halogens is 2. The Morgan fingerprint density at radius 3 is 0.911 bits per heavy atom. The molecule has 0 amide bonds. The summed E-state index contributed by atoms with van der Waals surface area (Å²) in [5, 5.41) is 6.20. The number of unbranched alkanes of at least 4 members (excludes halogenated alkanes) is 14. The normalized spacial score (nSPS) is 16.8. The molecule has 544 valence electrons. The number of fused-ring (bicyclic) bond motifs is 7. The maximum Gasteiger partial charge on any atom is 0.170 e. The van der Waals surface area contributed by atoms with Crippen LogP contribution in [-0.4, -0.2) is 24.9 Å². The van der Waals surface area contributed by atoms with Crippen molar-refractivity contribution in [1.82, 2.24) is 8.75 Å². The highest BCUT2D eigenvalue weighted by molar-refractivity contribution is 7.35. The zero-order chi connectivity index (χ0) is 70.6. The Balaban J connectivity index is 0.948. The Morgan fingerprint density at radius 1 is 0.307 bits per heavy atom. The van der Waals surface area contributed by atoms with Crippen LogP contribution in [0.15, 0.2) is 72.8 Å². The molecule has 0 saturated carbocycles. The molecule has 0 bridgehead atoms. The molecule has 101 heavy (non-hydrogen) atoms. The summed E-state index contributed by atoms with van der Waals surface area (Å²) in [4.78, 5) is 21.0. The molecular formula is C86H114F2N2S9Si2. The molecule has 9 aromatic heterocycles. The number of benzene rings is 1. The Kier molecular flexibility index (Phi) is 28.2. The van der Waals surface area contributed by atoms with Crippen LogP contribution in [0, 0.1) is 35.3 Å². The van der Waals surface area contributed by atoms with Crippen molar-refractivity contribution in [3.63, 3.8) is 0 Å². The van der Waals surface area contributed by atoms with E-state index in [9.17, 15) is 0 Å². The highest BCUT2D eigenvalue weighted by atomic mass is 32.1. The van der Waals surface area contributed by atoms with Crippen LogP contribution < -0.4 is 20.7 Å². The summed E-state index contributed by atoms with van der Waals surface area (Å²) in [6, 6.07) is 34.0. The summed E-state index contributed by atoms with van der Waals surface area (Å²) in [7, 11) is -5.07. The highest BCUT2D eigenvalue weighted by Gasteiger charge is 2.52. The fourth-order valence-electron chi connectivity index (χ4n) is 17.3. The van der Waals surface area contributed by atoms with Gasteiger partial charge >= 0.3 is 0 Å². The first kappa shape index (κ1) is 77.5. The van der Waals surface area contributed by atoms with E-state index in [0.717, 1.165) is 47.2 Å². The molecule has 4 atom stereocenters. The lowest BCUT2D eigenvalue weighted by Gasteiger charge is -2.35.